The molecule has 1 aromatic heterocycles. The second-order valence-electron chi connectivity index (χ2n) is 8.50. The van der Waals surface area contributed by atoms with E-state index < -0.39 is 44.3 Å². The quantitative estimate of drug-likeness (QED) is 0.213. The van der Waals surface area contributed by atoms with Crippen LogP contribution in [-0.2, 0) is 25.4 Å². The number of carbonyl (C=O) groups is 3. The highest BCUT2D eigenvalue weighted by Gasteiger charge is 2.38. The summed E-state index contributed by atoms with van der Waals surface area (Å²) in [6.45, 7) is 4.12. The van der Waals surface area contributed by atoms with Gasteiger partial charge in [-0.1, -0.05) is 44.2 Å². The van der Waals surface area contributed by atoms with E-state index in [1.807, 2.05) is 12.1 Å². The van der Waals surface area contributed by atoms with Gasteiger partial charge in [0.1, 0.15) is 12.1 Å². The van der Waals surface area contributed by atoms with Crippen LogP contribution in [0, 0.1) is 5.92 Å². The summed E-state index contributed by atoms with van der Waals surface area (Å²) in [4.78, 5) is 60.2. The zero-order chi connectivity index (χ0) is 26.2. The Morgan fingerprint density at radius 2 is 1.74 bits per heavy atom. The number of carbonyl (C=O) groups excluding carboxylic acids is 2. The number of aliphatic carboxylic acids is 1. The Morgan fingerprint density at radius 1 is 1.09 bits per heavy atom. The summed E-state index contributed by atoms with van der Waals surface area (Å²) in [6.07, 6.45) is 1.65. The molecule has 0 saturated heterocycles. The zero-order valence-corrected chi connectivity index (χ0v) is 20.7. The van der Waals surface area contributed by atoms with Gasteiger partial charge in [-0.25, -0.2) is 9.36 Å². The van der Waals surface area contributed by atoms with Gasteiger partial charge in [-0.15, -0.1) is 0 Å². The average Bonchev–Trinajstić information content (AvgIpc) is 2.77. The number of aromatic nitrogens is 1. The summed E-state index contributed by atoms with van der Waals surface area (Å²) in [5.74, 6) is -2.84. The number of hydrogen-bond acceptors (Lipinski definition) is 5. The third kappa shape index (κ3) is 8.88. The molecule has 0 fully saturated rings. The second-order valence-corrected chi connectivity index (χ2v) is 10.0. The first-order chi connectivity index (χ1) is 16.4. The fourth-order valence-electron chi connectivity index (χ4n) is 3.44. The number of pyridine rings is 1. The first-order valence-electron chi connectivity index (χ1n) is 11.0. The molecule has 2 aromatic rings. The molecule has 0 aliphatic heterocycles. The lowest BCUT2D eigenvalue weighted by atomic mass is 10.0. The van der Waals surface area contributed by atoms with Gasteiger partial charge < -0.3 is 25.5 Å². The van der Waals surface area contributed by atoms with Gasteiger partial charge in [-0.05, 0) is 30.0 Å². The second kappa shape index (κ2) is 12.6. The minimum Gasteiger partial charge on any atom is -0.480 e. The van der Waals surface area contributed by atoms with E-state index in [4.69, 9.17) is 0 Å². The van der Waals surface area contributed by atoms with Gasteiger partial charge in [0.05, 0.1) is 12.4 Å². The van der Waals surface area contributed by atoms with Gasteiger partial charge in [0.15, 0.2) is 0 Å². The number of nitrogens with one attached hydrogen (secondary N) is 2. The van der Waals surface area contributed by atoms with Crippen LogP contribution in [0.25, 0.3) is 11.3 Å². The molecule has 5 N–H and O–H groups in total. The number of hydrogen-bond donors (Lipinski definition) is 5. The van der Waals surface area contributed by atoms with E-state index in [0.29, 0.717) is 10.2 Å². The number of carboxylic acid groups (broad SMARTS) is 1. The van der Waals surface area contributed by atoms with Gasteiger partial charge in [0.25, 0.3) is 0 Å². The molecule has 2 atom stereocenters. The lowest BCUT2D eigenvalue weighted by Crippen LogP contribution is -2.53. The molecule has 190 valence electrons. The van der Waals surface area contributed by atoms with E-state index in [1.165, 1.54) is 6.92 Å². The number of benzene rings is 1. The first-order valence-corrected chi connectivity index (χ1v) is 12.6. The molecule has 0 radical (unpaired) electrons. The third-order valence-electron chi connectivity index (χ3n) is 5.15. The van der Waals surface area contributed by atoms with E-state index in [1.54, 1.807) is 50.4 Å². The largest absolute Gasteiger partial charge is 0.480 e. The Hall–Kier alpha value is -3.11. The van der Waals surface area contributed by atoms with E-state index in [-0.39, 0.29) is 18.8 Å². The molecule has 0 spiro atoms. The molecule has 0 aliphatic rings. The predicted octanol–water partition coefficient (Wildman–Crippen LogP) is 1.76. The van der Waals surface area contributed by atoms with Crippen LogP contribution in [0.5, 0.6) is 0 Å². The van der Waals surface area contributed by atoms with Crippen molar-refractivity contribution in [1.29, 1.82) is 0 Å². The maximum Gasteiger partial charge on any atom is 0.405 e. The maximum absolute atomic E-state index is 13.1. The average molecular weight is 506 g/mol. The smallest absolute Gasteiger partial charge is 0.405 e. The van der Waals surface area contributed by atoms with Crippen LogP contribution in [0.4, 0.5) is 0 Å². The van der Waals surface area contributed by atoms with Gasteiger partial charge in [-0.2, -0.15) is 4.67 Å². The zero-order valence-electron chi connectivity index (χ0n) is 19.8. The van der Waals surface area contributed by atoms with Crippen LogP contribution in [-0.4, -0.2) is 61.1 Å². The van der Waals surface area contributed by atoms with Crippen molar-refractivity contribution in [1.82, 2.24) is 20.3 Å². The Kier molecular flexibility index (Phi) is 10.1. The van der Waals surface area contributed by atoms with E-state index >= 15 is 0 Å². The molecular weight excluding hydrogens is 475 g/mol. The molecule has 2 rings (SSSR count). The van der Waals surface area contributed by atoms with E-state index in [9.17, 15) is 33.8 Å². The van der Waals surface area contributed by atoms with Crippen LogP contribution < -0.4 is 10.6 Å². The minimum atomic E-state index is -4.96. The molecular formula is C23H31N4O7P. The summed E-state index contributed by atoms with van der Waals surface area (Å²) < 4.78 is 12.7. The van der Waals surface area contributed by atoms with Crippen molar-refractivity contribution in [2.75, 3.05) is 6.67 Å². The molecule has 12 heteroatoms. The van der Waals surface area contributed by atoms with Crippen LogP contribution >= 0.6 is 7.75 Å². The standard InChI is InChI=1S/C23H31N4O7P/c1-15(2)12-21(27(35(32,33)34)14-25-16(3)28)22(29)26-20(23(30)31)13-17-7-9-18(10-8-17)19-6-4-5-11-24-19/h4-11,15,20-21H,12-14H2,1-3H3,(H,25,28)(H,26,29)(H,30,31)(H2,32,33,34). The number of amides is 2. The highest BCUT2D eigenvalue weighted by Crippen LogP contribution is 2.42. The Balaban J connectivity index is 2.22. The van der Waals surface area contributed by atoms with Crippen molar-refractivity contribution in [2.24, 2.45) is 5.92 Å². The summed E-state index contributed by atoms with van der Waals surface area (Å²) in [6, 6.07) is 9.85. The SMILES string of the molecule is CC(=O)NCN(C(CC(C)C)C(=O)NC(Cc1ccc(-c2ccccn2)cc1)C(=O)O)P(=O)(O)O. The molecule has 0 aliphatic carbocycles. The fourth-order valence-corrected chi connectivity index (χ4v) is 4.25. The van der Waals surface area contributed by atoms with Crippen LogP contribution in [0.3, 0.4) is 0 Å². The van der Waals surface area contributed by atoms with Crippen LogP contribution in [0.2, 0.25) is 0 Å². The summed E-state index contributed by atoms with van der Waals surface area (Å²) >= 11 is 0. The summed E-state index contributed by atoms with van der Waals surface area (Å²) in [5.41, 5.74) is 2.25. The van der Waals surface area contributed by atoms with Gasteiger partial charge in [0, 0.05) is 25.1 Å². The number of nitrogens with zero attached hydrogens (tertiary/aromatic N) is 2. The minimum absolute atomic E-state index is 0.0294. The van der Waals surface area contributed by atoms with Crippen molar-refractivity contribution in [3.63, 3.8) is 0 Å². The Bertz CT molecular complexity index is 1060. The van der Waals surface area contributed by atoms with Crippen molar-refractivity contribution in [3.8, 4) is 11.3 Å². The van der Waals surface area contributed by atoms with E-state index in [0.717, 1.165) is 11.3 Å². The molecule has 0 saturated carbocycles. The third-order valence-corrected chi connectivity index (χ3v) is 6.24. The maximum atomic E-state index is 13.1. The fraction of sp³-hybridized carbons (Fsp3) is 0.391. The lowest BCUT2D eigenvalue weighted by molar-refractivity contribution is -0.142. The Labute approximate surface area is 203 Å². The molecule has 0 bridgehead atoms. The summed E-state index contributed by atoms with van der Waals surface area (Å²) in [5, 5.41) is 14.4. The monoisotopic (exact) mass is 506 g/mol. The van der Waals surface area contributed by atoms with Crippen molar-refractivity contribution in [2.45, 2.75) is 45.7 Å². The highest BCUT2D eigenvalue weighted by atomic mass is 31.2. The van der Waals surface area contributed by atoms with Gasteiger partial charge in [0.2, 0.25) is 11.8 Å². The molecule has 2 unspecified atom stereocenters. The predicted molar refractivity (Wildman–Crippen MR) is 129 cm³/mol. The van der Waals surface area contributed by atoms with Crippen molar-refractivity contribution < 1.29 is 33.8 Å². The van der Waals surface area contributed by atoms with Crippen molar-refractivity contribution >= 4 is 25.5 Å². The normalized spacial score (nSPS) is 13.3. The molecule has 1 heterocycles. The molecule has 11 nitrogen and oxygen atoms in total. The van der Waals surface area contributed by atoms with Crippen molar-refractivity contribution in [3.05, 3.63) is 54.2 Å². The first kappa shape index (κ1) is 28.1. The summed E-state index contributed by atoms with van der Waals surface area (Å²) in [7, 11) is -4.96. The highest BCUT2D eigenvalue weighted by molar-refractivity contribution is 7.49. The number of rotatable bonds is 12. The Morgan fingerprint density at radius 3 is 2.23 bits per heavy atom. The van der Waals surface area contributed by atoms with E-state index in [2.05, 4.69) is 15.6 Å². The van der Waals surface area contributed by atoms with Crippen LogP contribution in [0.15, 0.2) is 48.7 Å². The van der Waals surface area contributed by atoms with Gasteiger partial charge >= 0.3 is 13.7 Å². The van der Waals surface area contributed by atoms with Crippen LogP contribution in [0.1, 0.15) is 32.8 Å². The van der Waals surface area contributed by atoms with Gasteiger partial charge in [-0.3, -0.25) is 14.6 Å². The molecule has 2 amide bonds. The number of carboxylic acids is 1. The molecule has 1 aromatic carbocycles. The topological polar surface area (TPSA) is 169 Å². The molecule has 35 heavy (non-hydrogen) atoms. The lowest BCUT2D eigenvalue weighted by Gasteiger charge is -2.32.